The van der Waals surface area contributed by atoms with Crippen LogP contribution in [-0.2, 0) is 4.74 Å². The summed E-state index contributed by atoms with van der Waals surface area (Å²) in [5.74, 6) is 2.52. The molecule has 21 heavy (non-hydrogen) atoms. The first kappa shape index (κ1) is 12.3. The third kappa shape index (κ3) is 1.51. The lowest BCUT2D eigenvalue weighted by Gasteiger charge is -2.49. The third-order valence-electron chi connectivity index (χ3n) is 7.01. The van der Waals surface area contributed by atoms with Gasteiger partial charge in [0.1, 0.15) is 5.60 Å². The Hall–Kier alpha value is -1.31. The van der Waals surface area contributed by atoms with Crippen molar-refractivity contribution in [3.05, 3.63) is 35.4 Å². The Morgan fingerprint density at radius 1 is 1.10 bits per heavy atom. The topological polar surface area (TPSA) is 26.3 Å². The maximum atomic E-state index is 12.5. The van der Waals surface area contributed by atoms with E-state index in [1.807, 2.05) is 31.2 Å². The minimum absolute atomic E-state index is 0.106. The lowest BCUT2D eigenvalue weighted by atomic mass is 9.56. The average Bonchev–Trinajstić information content (AvgIpc) is 2.75. The number of benzene rings is 1. The van der Waals surface area contributed by atoms with Gasteiger partial charge < -0.3 is 4.74 Å². The van der Waals surface area contributed by atoms with Crippen molar-refractivity contribution in [1.82, 2.24) is 0 Å². The van der Waals surface area contributed by atoms with Crippen molar-refractivity contribution in [3.8, 4) is 0 Å². The van der Waals surface area contributed by atoms with Gasteiger partial charge in [-0.15, -0.1) is 0 Å². The molecule has 3 bridgehead atoms. The van der Waals surface area contributed by atoms with E-state index in [0.29, 0.717) is 11.0 Å². The number of rotatable bonds is 2. The van der Waals surface area contributed by atoms with Crippen LogP contribution in [-0.4, -0.2) is 11.6 Å². The molecule has 0 N–H and O–H groups in total. The summed E-state index contributed by atoms with van der Waals surface area (Å²) in [5, 5.41) is 0. The molecule has 0 amide bonds. The van der Waals surface area contributed by atoms with Crippen LogP contribution in [0.25, 0.3) is 0 Å². The first-order valence-corrected chi connectivity index (χ1v) is 8.39. The number of aryl methyl sites for hydroxylation is 1. The van der Waals surface area contributed by atoms with Crippen LogP contribution in [0.4, 0.5) is 0 Å². The van der Waals surface area contributed by atoms with Crippen molar-refractivity contribution in [2.24, 2.45) is 23.2 Å². The maximum Gasteiger partial charge on any atom is 0.338 e. The van der Waals surface area contributed by atoms with Gasteiger partial charge in [-0.1, -0.05) is 17.7 Å². The van der Waals surface area contributed by atoms with Crippen LogP contribution in [0, 0.1) is 30.1 Å². The van der Waals surface area contributed by atoms with Gasteiger partial charge in [0.25, 0.3) is 0 Å². The Bertz CT molecular complexity index is 615. The highest BCUT2D eigenvalue weighted by Crippen LogP contribution is 2.77. The van der Waals surface area contributed by atoms with Gasteiger partial charge in [0, 0.05) is 0 Å². The van der Waals surface area contributed by atoms with Crippen molar-refractivity contribution >= 4 is 5.97 Å². The van der Waals surface area contributed by atoms with Gasteiger partial charge in [-0.05, 0) is 80.8 Å². The van der Waals surface area contributed by atoms with Crippen LogP contribution < -0.4 is 0 Å². The van der Waals surface area contributed by atoms with Crippen LogP contribution in [0.1, 0.15) is 54.4 Å². The van der Waals surface area contributed by atoms with Crippen molar-refractivity contribution in [1.29, 1.82) is 0 Å². The SMILES string of the molecule is Cc1ccc(C(=O)OC23CC4CC5CC(C2)C5(C4)C3)cc1. The summed E-state index contributed by atoms with van der Waals surface area (Å²) in [5.41, 5.74) is 2.35. The summed E-state index contributed by atoms with van der Waals surface area (Å²) in [6.07, 6.45) is 7.65. The van der Waals surface area contributed by atoms with E-state index in [-0.39, 0.29) is 11.6 Å². The zero-order chi connectivity index (χ0) is 14.2. The van der Waals surface area contributed by atoms with Gasteiger partial charge in [-0.3, -0.25) is 0 Å². The van der Waals surface area contributed by atoms with E-state index in [0.717, 1.165) is 37.0 Å². The summed E-state index contributed by atoms with van der Waals surface area (Å²) >= 11 is 0. The van der Waals surface area contributed by atoms with Crippen LogP contribution in [0.2, 0.25) is 0 Å². The van der Waals surface area contributed by atoms with Crippen LogP contribution in [0.15, 0.2) is 24.3 Å². The monoisotopic (exact) mass is 282 g/mol. The number of hydrogen-bond donors (Lipinski definition) is 0. The summed E-state index contributed by atoms with van der Waals surface area (Å²) in [7, 11) is 0. The summed E-state index contributed by atoms with van der Waals surface area (Å²) < 4.78 is 6.13. The molecule has 5 rings (SSSR count). The quantitative estimate of drug-likeness (QED) is 0.763. The zero-order valence-corrected chi connectivity index (χ0v) is 12.6. The van der Waals surface area contributed by atoms with Gasteiger partial charge in [-0.2, -0.15) is 0 Å². The van der Waals surface area contributed by atoms with Gasteiger partial charge in [0.05, 0.1) is 5.56 Å². The number of carbonyl (C=O) groups excluding carboxylic acids is 1. The Balaban J connectivity index is 1.41. The van der Waals surface area contributed by atoms with Gasteiger partial charge in [-0.25, -0.2) is 4.79 Å². The van der Waals surface area contributed by atoms with Crippen LogP contribution in [0.3, 0.4) is 0 Å². The predicted molar refractivity (Wildman–Crippen MR) is 79.9 cm³/mol. The Morgan fingerprint density at radius 3 is 2.71 bits per heavy atom. The normalized spacial score (nSPS) is 45.3. The lowest BCUT2D eigenvalue weighted by Crippen LogP contribution is -2.43. The molecule has 4 aliphatic carbocycles. The summed E-state index contributed by atoms with van der Waals surface area (Å²) in [6.45, 7) is 2.04. The van der Waals surface area contributed by atoms with Crippen molar-refractivity contribution in [2.75, 3.05) is 0 Å². The second-order valence-electron chi connectivity index (χ2n) is 8.19. The van der Waals surface area contributed by atoms with E-state index in [2.05, 4.69) is 0 Å². The predicted octanol–water partition coefficient (Wildman–Crippen LogP) is 4.12. The number of ether oxygens (including phenoxy) is 1. The van der Waals surface area contributed by atoms with E-state index in [4.69, 9.17) is 4.74 Å². The largest absolute Gasteiger partial charge is 0.455 e. The molecule has 2 heteroatoms. The minimum Gasteiger partial charge on any atom is -0.455 e. The Labute approximate surface area is 125 Å². The van der Waals surface area contributed by atoms with E-state index >= 15 is 0 Å². The molecule has 110 valence electrons. The zero-order valence-electron chi connectivity index (χ0n) is 12.6. The standard InChI is InChI=1S/C19H22O2/c1-12-2-4-14(5-3-12)17(20)21-18-8-13-6-15-7-16(10-18)19(15,9-13)11-18/h2-5,13,15-16H,6-11H2,1H3. The van der Waals surface area contributed by atoms with Crippen molar-refractivity contribution in [2.45, 2.75) is 51.0 Å². The molecule has 1 aromatic carbocycles. The van der Waals surface area contributed by atoms with E-state index in [1.54, 1.807) is 0 Å². The molecule has 0 aliphatic heterocycles. The molecule has 5 atom stereocenters. The highest BCUT2D eigenvalue weighted by Gasteiger charge is 2.72. The van der Waals surface area contributed by atoms with E-state index in [1.165, 1.54) is 24.8 Å². The summed E-state index contributed by atoms with van der Waals surface area (Å²) in [6, 6.07) is 7.78. The molecule has 4 saturated carbocycles. The Kier molecular flexibility index (Phi) is 2.17. The molecule has 4 fully saturated rings. The maximum absolute atomic E-state index is 12.5. The van der Waals surface area contributed by atoms with Crippen molar-refractivity contribution in [3.63, 3.8) is 0 Å². The number of esters is 1. The van der Waals surface area contributed by atoms with E-state index < -0.39 is 0 Å². The molecule has 0 heterocycles. The Morgan fingerprint density at radius 2 is 1.90 bits per heavy atom. The molecule has 4 aliphatic rings. The first-order chi connectivity index (χ1) is 10.1. The molecule has 2 nitrogen and oxygen atoms in total. The molecular weight excluding hydrogens is 260 g/mol. The smallest absolute Gasteiger partial charge is 0.338 e. The molecule has 0 aromatic heterocycles. The molecule has 5 unspecified atom stereocenters. The first-order valence-electron chi connectivity index (χ1n) is 8.39. The van der Waals surface area contributed by atoms with Gasteiger partial charge in [0.2, 0.25) is 0 Å². The fraction of sp³-hybridized carbons (Fsp3) is 0.632. The third-order valence-corrected chi connectivity index (χ3v) is 7.01. The average molecular weight is 282 g/mol. The molecule has 0 radical (unpaired) electrons. The number of hydrogen-bond acceptors (Lipinski definition) is 2. The van der Waals surface area contributed by atoms with E-state index in [9.17, 15) is 4.79 Å². The van der Waals surface area contributed by atoms with Crippen LogP contribution in [0.5, 0.6) is 0 Å². The fourth-order valence-electron chi connectivity index (χ4n) is 6.34. The highest BCUT2D eigenvalue weighted by molar-refractivity contribution is 5.89. The summed E-state index contributed by atoms with van der Waals surface area (Å²) in [4.78, 5) is 12.5. The van der Waals surface area contributed by atoms with Crippen molar-refractivity contribution < 1.29 is 9.53 Å². The highest BCUT2D eigenvalue weighted by atomic mass is 16.6. The second kappa shape index (κ2) is 3.71. The number of carbonyl (C=O) groups is 1. The second-order valence-corrected chi connectivity index (χ2v) is 8.19. The van der Waals surface area contributed by atoms with Crippen LogP contribution >= 0.6 is 0 Å². The molecule has 0 saturated heterocycles. The fourth-order valence-corrected chi connectivity index (χ4v) is 6.34. The van der Waals surface area contributed by atoms with Gasteiger partial charge in [0.15, 0.2) is 0 Å². The molecule has 1 aromatic rings. The molecule has 1 spiro atoms. The lowest BCUT2D eigenvalue weighted by molar-refractivity contribution is -0.0468. The number of fused-ring (bicyclic) bond motifs is 2. The molecular formula is C19H22O2. The van der Waals surface area contributed by atoms with Gasteiger partial charge >= 0.3 is 5.97 Å². The minimum atomic E-state index is -0.124.